The Bertz CT molecular complexity index is 260. The third-order valence-corrected chi connectivity index (χ3v) is 1.97. The van der Waals surface area contributed by atoms with E-state index in [1.54, 1.807) is 0 Å². The van der Waals surface area contributed by atoms with Crippen molar-refractivity contribution in [2.75, 3.05) is 33.9 Å². The quantitative estimate of drug-likeness (QED) is 0.418. The molecule has 0 radical (unpaired) electrons. The summed E-state index contributed by atoms with van der Waals surface area (Å²) >= 11 is 0. The lowest BCUT2D eigenvalue weighted by Crippen LogP contribution is -2.50. The molecule has 8 heteroatoms. The van der Waals surface area contributed by atoms with Gasteiger partial charge in [-0.15, -0.1) is 0 Å². The molecule has 0 saturated heterocycles. The van der Waals surface area contributed by atoms with Crippen molar-refractivity contribution in [1.29, 1.82) is 0 Å². The van der Waals surface area contributed by atoms with Crippen LogP contribution in [0.5, 0.6) is 0 Å². The van der Waals surface area contributed by atoms with Crippen LogP contribution < -0.4 is 5.32 Å². The molecule has 4 N–H and O–H groups in total. The Balaban J connectivity index is 4.16. The second kappa shape index (κ2) is 7.82. The molecule has 0 aromatic carbocycles. The zero-order chi connectivity index (χ0) is 13.4. The van der Waals surface area contributed by atoms with Crippen LogP contribution in [0.4, 0.5) is 4.79 Å². The number of nitrogens with zero attached hydrogens (tertiary/aromatic N) is 1. The summed E-state index contributed by atoms with van der Waals surface area (Å²) in [5.41, 5.74) is 0. The van der Waals surface area contributed by atoms with Gasteiger partial charge in [-0.3, -0.25) is 0 Å². The summed E-state index contributed by atoms with van der Waals surface area (Å²) in [5.74, 6) is -1.33. The molecule has 0 rings (SSSR count). The predicted octanol–water partition coefficient (Wildman–Crippen LogP) is -1.92. The van der Waals surface area contributed by atoms with Crippen LogP contribution in [-0.4, -0.2) is 78.3 Å². The van der Waals surface area contributed by atoms with Crippen molar-refractivity contribution in [2.45, 2.75) is 12.1 Å². The van der Waals surface area contributed by atoms with E-state index in [-0.39, 0.29) is 13.2 Å². The number of rotatable bonds is 7. The summed E-state index contributed by atoms with van der Waals surface area (Å²) in [5, 5.41) is 28.8. The number of hydrogen-bond donors (Lipinski definition) is 4. The van der Waals surface area contributed by atoms with Gasteiger partial charge in [0.25, 0.3) is 0 Å². The molecule has 2 atom stereocenters. The van der Waals surface area contributed by atoms with Gasteiger partial charge in [0.05, 0.1) is 25.9 Å². The van der Waals surface area contributed by atoms with Gasteiger partial charge in [0, 0.05) is 14.2 Å². The molecule has 2 unspecified atom stereocenters. The third-order valence-electron chi connectivity index (χ3n) is 1.97. The maximum atomic E-state index is 11.4. The highest BCUT2D eigenvalue weighted by atomic mass is 16.5. The lowest BCUT2D eigenvalue weighted by molar-refractivity contribution is -0.140. The van der Waals surface area contributed by atoms with Crippen LogP contribution in [0.25, 0.3) is 0 Å². The van der Waals surface area contributed by atoms with Crippen molar-refractivity contribution in [2.24, 2.45) is 0 Å². The minimum atomic E-state index is -1.36. The van der Waals surface area contributed by atoms with Crippen LogP contribution in [0, 0.1) is 0 Å². The Morgan fingerprint density at radius 1 is 1.47 bits per heavy atom. The Kier molecular flexibility index (Phi) is 7.19. The number of carboxylic acids is 1. The Morgan fingerprint density at radius 3 is 2.47 bits per heavy atom. The van der Waals surface area contributed by atoms with Crippen molar-refractivity contribution >= 4 is 12.0 Å². The van der Waals surface area contributed by atoms with Gasteiger partial charge >= 0.3 is 12.0 Å². The van der Waals surface area contributed by atoms with Gasteiger partial charge < -0.3 is 30.3 Å². The van der Waals surface area contributed by atoms with Crippen molar-refractivity contribution in [3.8, 4) is 0 Å². The summed E-state index contributed by atoms with van der Waals surface area (Å²) in [7, 11) is 2.81. The third kappa shape index (κ3) is 6.05. The number of aliphatic carboxylic acids is 1. The van der Waals surface area contributed by atoms with Crippen LogP contribution >= 0.6 is 0 Å². The average Bonchev–Trinajstić information content (AvgIpc) is 2.25. The normalized spacial score (nSPS) is 13.9. The molecule has 0 aliphatic carbocycles. The number of urea groups is 1. The molecule has 0 fully saturated rings. The number of ether oxygens (including phenoxy) is 1. The Hall–Kier alpha value is -1.38. The first kappa shape index (κ1) is 15.6. The predicted molar refractivity (Wildman–Crippen MR) is 57.6 cm³/mol. The number of carbonyl (C=O) groups is 2. The fourth-order valence-electron chi connectivity index (χ4n) is 1.09. The van der Waals surface area contributed by atoms with E-state index >= 15 is 0 Å². The van der Waals surface area contributed by atoms with Crippen molar-refractivity contribution in [3.63, 3.8) is 0 Å². The first-order valence-electron chi connectivity index (χ1n) is 4.94. The number of carbonyl (C=O) groups excluding carboxylic acids is 1. The largest absolute Gasteiger partial charge is 0.480 e. The van der Waals surface area contributed by atoms with E-state index in [1.807, 2.05) is 0 Å². The molecule has 2 amide bonds. The van der Waals surface area contributed by atoms with Crippen LogP contribution in [0.3, 0.4) is 0 Å². The number of aliphatic hydroxyl groups excluding tert-OH is 2. The van der Waals surface area contributed by atoms with E-state index in [9.17, 15) is 14.7 Å². The van der Waals surface area contributed by atoms with Gasteiger partial charge in [-0.1, -0.05) is 0 Å². The molecule has 8 nitrogen and oxygen atoms in total. The molecule has 0 heterocycles. The van der Waals surface area contributed by atoms with E-state index in [0.29, 0.717) is 0 Å². The number of hydrogen-bond acceptors (Lipinski definition) is 5. The minimum absolute atomic E-state index is 0.00254. The Labute approximate surface area is 98.8 Å². The smallest absolute Gasteiger partial charge is 0.328 e. The number of methoxy groups -OCH3 is 1. The van der Waals surface area contributed by atoms with E-state index in [2.05, 4.69) is 10.1 Å². The van der Waals surface area contributed by atoms with E-state index in [4.69, 9.17) is 10.2 Å². The molecule has 0 aromatic rings. The van der Waals surface area contributed by atoms with Gasteiger partial charge in [0.2, 0.25) is 0 Å². The Morgan fingerprint density at radius 2 is 2.06 bits per heavy atom. The topological polar surface area (TPSA) is 119 Å². The lowest BCUT2D eigenvalue weighted by Gasteiger charge is -2.22. The molecule has 0 aliphatic heterocycles. The van der Waals surface area contributed by atoms with Gasteiger partial charge in [-0.25, -0.2) is 9.59 Å². The summed E-state index contributed by atoms with van der Waals surface area (Å²) in [6.07, 6.45) is -0.854. The van der Waals surface area contributed by atoms with Crippen molar-refractivity contribution in [3.05, 3.63) is 0 Å². The van der Waals surface area contributed by atoms with E-state index in [0.717, 1.165) is 4.90 Å². The van der Waals surface area contributed by atoms with Crippen molar-refractivity contribution < 1.29 is 29.6 Å². The number of carboxylic acid groups (broad SMARTS) is 1. The van der Waals surface area contributed by atoms with Gasteiger partial charge in [-0.2, -0.15) is 0 Å². The molecule has 0 saturated carbocycles. The molecular formula is C9H18N2O6. The second-order valence-electron chi connectivity index (χ2n) is 3.51. The summed E-state index contributed by atoms with van der Waals surface area (Å²) < 4.78 is 4.68. The van der Waals surface area contributed by atoms with Crippen molar-refractivity contribution in [1.82, 2.24) is 10.2 Å². The molecule has 100 valence electrons. The first-order chi connectivity index (χ1) is 7.92. The van der Waals surface area contributed by atoms with Crippen LogP contribution in [0.15, 0.2) is 0 Å². The van der Waals surface area contributed by atoms with Gasteiger partial charge in [0.1, 0.15) is 0 Å². The molecule has 0 bridgehead atoms. The maximum absolute atomic E-state index is 11.4. The van der Waals surface area contributed by atoms with E-state index < -0.39 is 30.8 Å². The number of amides is 2. The maximum Gasteiger partial charge on any atom is 0.328 e. The molecule has 0 aliphatic rings. The second-order valence-corrected chi connectivity index (χ2v) is 3.51. The highest BCUT2D eigenvalue weighted by Gasteiger charge is 2.21. The molecular weight excluding hydrogens is 232 g/mol. The highest BCUT2D eigenvalue weighted by Crippen LogP contribution is 1.93. The molecule has 0 aromatic heterocycles. The lowest BCUT2D eigenvalue weighted by atomic mass is 10.3. The van der Waals surface area contributed by atoms with Gasteiger partial charge in [-0.05, 0) is 0 Å². The monoisotopic (exact) mass is 250 g/mol. The fraction of sp³-hybridized carbons (Fsp3) is 0.778. The summed E-state index contributed by atoms with van der Waals surface area (Å²) in [4.78, 5) is 23.1. The zero-order valence-corrected chi connectivity index (χ0v) is 9.79. The number of nitrogens with one attached hydrogen (secondary N) is 1. The summed E-state index contributed by atoms with van der Waals surface area (Å²) in [6.45, 7) is -0.632. The number of likely N-dealkylation sites (N-methyl/N-ethyl adjacent to an activating group) is 1. The zero-order valence-electron chi connectivity index (χ0n) is 9.79. The highest BCUT2D eigenvalue weighted by molar-refractivity contribution is 5.82. The van der Waals surface area contributed by atoms with Gasteiger partial charge in [0.15, 0.2) is 6.04 Å². The molecule has 0 spiro atoms. The van der Waals surface area contributed by atoms with Crippen LogP contribution in [0.1, 0.15) is 0 Å². The van der Waals surface area contributed by atoms with Crippen LogP contribution in [-0.2, 0) is 9.53 Å². The minimum Gasteiger partial charge on any atom is -0.480 e. The number of aliphatic hydroxyl groups is 2. The fourth-order valence-corrected chi connectivity index (χ4v) is 1.09. The average molecular weight is 250 g/mol. The summed E-state index contributed by atoms with van der Waals surface area (Å²) in [6, 6.07) is -2.05. The SMILES string of the molecule is COCC(O)CN(C)C(=O)NC(CO)C(=O)O. The standard InChI is InChI=1S/C9H18N2O6/c1-11(3-6(13)5-17-2)9(16)10-7(4-12)8(14)15/h6-7,12-13H,3-5H2,1-2H3,(H,10,16)(H,14,15). The van der Waals surface area contributed by atoms with E-state index in [1.165, 1.54) is 14.2 Å². The van der Waals surface area contributed by atoms with Crippen LogP contribution in [0.2, 0.25) is 0 Å². The first-order valence-corrected chi connectivity index (χ1v) is 4.94. The molecule has 17 heavy (non-hydrogen) atoms.